The molecular formula is C22H31N5O3S. The van der Waals surface area contributed by atoms with Crippen molar-refractivity contribution in [1.82, 2.24) is 20.1 Å². The van der Waals surface area contributed by atoms with Crippen LogP contribution in [0.3, 0.4) is 0 Å². The third kappa shape index (κ3) is 4.61. The van der Waals surface area contributed by atoms with Crippen molar-refractivity contribution < 1.29 is 13.2 Å². The molecule has 0 saturated heterocycles. The Balaban J connectivity index is 1.56. The van der Waals surface area contributed by atoms with Gasteiger partial charge in [-0.3, -0.25) is 9.58 Å². The minimum absolute atomic E-state index is 0.0263. The van der Waals surface area contributed by atoms with Gasteiger partial charge in [0.15, 0.2) is 14.9 Å². The average molecular weight is 446 g/mol. The molecule has 31 heavy (non-hydrogen) atoms. The van der Waals surface area contributed by atoms with Crippen LogP contribution in [0.5, 0.6) is 0 Å². The summed E-state index contributed by atoms with van der Waals surface area (Å²) >= 11 is 0. The van der Waals surface area contributed by atoms with E-state index in [4.69, 9.17) is 0 Å². The van der Waals surface area contributed by atoms with E-state index in [1.54, 1.807) is 17.0 Å². The van der Waals surface area contributed by atoms with Crippen molar-refractivity contribution in [3.8, 4) is 0 Å². The van der Waals surface area contributed by atoms with Crippen molar-refractivity contribution in [3.63, 3.8) is 0 Å². The fraction of sp³-hybridized carbons (Fsp3) is 0.591. The zero-order valence-electron chi connectivity index (χ0n) is 18.2. The molecule has 1 N–H and O–H groups in total. The first kappa shape index (κ1) is 21.8. The lowest BCUT2D eigenvalue weighted by atomic mass is 10.0. The largest absolute Gasteiger partial charge is 0.331 e. The van der Waals surface area contributed by atoms with Crippen LogP contribution in [0.15, 0.2) is 29.6 Å². The van der Waals surface area contributed by atoms with Gasteiger partial charge in [-0.25, -0.2) is 18.2 Å². The fourth-order valence-electron chi connectivity index (χ4n) is 4.73. The van der Waals surface area contributed by atoms with Crippen LogP contribution in [0.2, 0.25) is 0 Å². The van der Waals surface area contributed by atoms with Crippen LogP contribution in [0.1, 0.15) is 75.2 Å². The zero-order valence-corrected chi connectivity index (χ0v) is 19.1. The van der Waals surface area contributed by atoms with Gasteiger partial charge < -0.3 is 5.32 Å². The highest BCUT2D eigenvalue weighted by Gasteiger charge is 2.30. The van der Waals surface area contributed by atoms with E-state index in [-0.39, 0.29) is 17.1 Å². The number of amides is 2. The van der Waals surface area contributed by atoms with Crippen molar-refractivity contribution in [2.75, 3.05) is 17.7 Å². The van der Waals surface area contributed by atoms with Gasteiger partial charge in [0, 0.05) is 19.0 Å². The number of carbonyl (C=O) groups is 1. The number of hydrogen-bond donors (Lipinski definition) is 1. The molecule has 1 fully saturated rings. The van der Waals surface area contributed by atoms with E-state index in [1.165, 1.54) is 19.0 Å². The smallest absolute Gasteiger partial charge is 0.322 e. The number of fused-ring (bicyclic) bond motifs is 1. The SMILES string of the molecule is CCC[C@H](NC(=O)N1CCCc2c1cnn2C1CCCC1)c1ccnc(S(C)(=O)=O)c1. The quantitative estimate of drug-likeness (QED) is 0.729. The Labute approximate surface area is 184 Å². The Morgan fingerprint density at radius 2 is 2.06 bits per heavy atom. The summed E-state index contributed by atoms with van der Waals surface area (Å²) < 4.78 is 26.0. The molecule has 0 spiro atoms. The van der Waals surface area contributed by atoms with Crippen molar-refractivity contribution in [1.29, 1.82) is 0 Å². The highest BCUT2D eigenvalue weighted by Crippen LogP contribution is 2.35. The Kier molecular flexibility index (Phi) is 6.31. The summed E-state index contributed by atoms with van der Waals surface area (Å²) in [5.41, 5.74) is 2.81. The Morgan fingerprint density at radius 3 is 2.77 bits per heavy atom. The Morgan fingerprint density at radius 1 is 1.29 bits per heavy atom. The number of nitrogens with zero attached hydrogens (tertiary/aromatic N) is 4. The molecule has 2 aromatic rings. The van der Waals surface area contributed by atoms with Crippen LogP contribution >= 0.6 is 0 Å². The lowest BCUT2D eigenvalue weighted by Gasteiger charge is -2.30. The second kappa shape index (κ2) is 8.98. The Hall–Kier alpha value is -2.42. The van der Waals surface area contributed by atoms with Gasteiger partial charge in [-0.05, 0) is 49.8 Å². The highest BCUT2D eigenvalue weighted by atomic mass is 32.2. The molecule has 8 nitrogen and oxygen atoms in total. The summed E-state index contributed by atoms with van der Waals surface area (Å²) in [5, 5.41) is 7.80. The van der Waals surface area contributed by atoms with Gasteiger partial charge in [0.05, 0.1) is 29.7 Å². The predicted molar refractivity (Wildman–Crippen MR) is 119 cm³/mol. The maximum Gasteiger partial charge on any atom is 0.322 e. The zero-order chi connectivity index (χ0) is 22.0. The molecule has 1 aliphatic heterocycles. The molecule has 1 saturated carbocycles. The molecule has 2 amide bonds. The molecule has 2 aromatic heterocycles. The number of hydrogen-bond acceptors (Lipinski definition) is 5. The topological polar surface area (TPSA) is 97.2 Å². The van der Waals surface area contributed by atoms with Crippen molar-refractivity contribution >= 4 is 21.6 Å². The first-order valence-corrected chi connectivity index (χ1v) is 13.1. The summed E-state index contributed by atoms with van der Waals surface area (Å²) in [4.78, 5) is 19.0. The fourth-order valence-corrected chi connectivity index (χ4v) is 5.33. The standard InChI is InChI=1S/C22H31N5O3S/c1-3-7-18(16-11-12-23-21(14-16)31(2,29)30)25-22(28)26-13-6-10-19-20(26)15-24-27(19)17-8-4-5-9-17/h11-12,14-15,17-18H,3-10,13H2,1-2H3,(H,25,28)/t18-/m0/s1. The molecule has 0 aromatic carbocycles. The molecule has 9 heteroatoms. The van der Waals surface area contributed by atoms with Crippen LogP contribution in [0, 0.1) is 0 Å². The summed E-state index contributed by atoms with van der Waals surface area (Å²) in [5.74, 6) is 0. The number of sulfone groups is 1. The Bertz CT molecular complexity index is 1040. The summed E-state index contributed by atoms with van der Waals surface area (Å²) in [7, 11) is -3.41. The number of aromatic nitrogens is 3. The van der Waals surface area contributed by atoms with Crippen molar-refractivity contribution in [2.45, 2.75) is 75.4 Å². The van der Waals surface area contributed by atoms with Crippen LogP contribution in [-0.4, -0.2) is 42.0 Å². The van der Waals surface area contributed by atoms with Crippen LogP contribution in [0.25, 0.3) is 0 Å². The van der Waals surface area contributed by atoms with E-state index in [0.29, 0.717) is 19.0 Å². The summed E-state index contributed by atoms with van der Waals surface area (Å²) in [6, 6.07) is 3.34. The van der Waals surface area contributed by atoms with E-state index < -0.39 is 9.84 Å². The minimum Gasteiger partial charge on any atom is -0.331 e. The number of pyridine rings is 1. The molecule has 1 atom stereocenters. The normalized spacial score (nSPS) is 18.1. The van der Waals surface area contributed by atoms with Gasteiger partial charge in [0.25, 0.3) is 0 Å². The van der Waals surface area contributed by atoms with Gasteiger partial charge in [-0.1, -0.05) is 26.2 Å². The number of rotatable bonds is 6. The first-order chi connectivity index (χ1) is 14.9. The van der Waals surface area contributed by atoms with Gasteiger partial charge in [-0.2, -0.15) is 5.10 Å². The van der Waals surface area contributed by atoms with E-state index in [9.17, 15) is 13.2 Å². The third-order valence-corrected chi connectivity index (χ3v) is 7.28. The average Bonchev–Trinajstić information content (AvgIpc) is 3.42. The summed E-state index contributed by atoms with van der Waals surface area (Å²) in [6.07, 6.45) is 12.7. The number of urea groups is 1. The minimum atomic E-state index is -3.41. The van der Waals surface area contributed by atoms with E-state index in [1.807, 2.05) is 13.1 Å². The molecule has 2 aliphatic rings. The van der Waals surface area contributed by atoms with Gasteiger partial charge in [-0.15, -0.1) is 0 Å². The van der Waals surface area contributed by atoms with Gasteiger partial charge >= 0.3 is 6.03 Å². The monoisotopic (exact) mass is 445 g/mol. The molecule has 1 aliphatic carbocycles. The van der Waals surface area contributed by atoms with E-state index >= 15 is 0 Å². The highest BCUT2D eigenvalue weighted by molar-refractivity contribution is 7.90. The lowest BCUT2D eigenvalue weighted by molar-refractivity contribution is 0.241. The van der Waals surface area contributed by atoms with E-state index in [0.717, 1.165) is 55.3 Å². The van der Waals surface area contributed by atoms with Crippen molar-refractivity contribution in [2.24, 2.45) is 0 Å². The first-order valence-electron chi connectivity index (χ1n) is 11.2. The van der Waals surface area contributed by atoms with Crippen molar-refractivity contribution in [3.05, 3.63) is 35.8 Å². The second-order valence-corrected chi connectivity index (χ2v) is 10.6. The molecule has 168 valence electrons. The van der Waals surface area contributed by atoms with Crippen LogP contribution in [-0.2, 0) is 16.3 Å². The van der Waals surface area contributed by atoms with Crippen LogP contribution < -0.4 is 10.2 Å². The van der Waals surface area contributed by atoms with Crippen LogP contribution in [0.4, 0.5) is 10.5 Å². The number of anilines is 1. The van der Waals surface area contributed by atoms with E-state index in [2.05, 4.69) is 20.1 Å². The second-order valence-electron chi connectivity index (χ2n) is 8.60. The maximum absolute atomic E-state index is 13.3. The number of nitrogens with one attached hydrogen (secondary N) is 1. The molecule has 0 radical (unpaired) electrons. The van der Waals surface area contributed by atoms with Gasteiger partial charge in [0.2, 0.25) is 0 Å². The molecule has 0 unspecified atom stereocenters. The number of carbonyl (C=O) groups excluding carboxylic acids is 1. The molecule has 0 bridgehead atoms. The molecular weight excluding hydrogens is 414 g/mol. The molecule has 3 heterocycles. The lowest BCUT2D eigenvalue weighted by Crippen LogP contribution is -2.44. The predicted octanol–water partition coefficient (Wildman–Crippen LogP) is 3.80. The van der Waals surface area contributed by atoms with Gasteiger partial charge in [0.1, 0.15) is 0 Å². The summed E-state index contributed by atoms with van der Waals surface area (Å²) in [6.45, 7) is 2.70. The maximum atomic E-state index is 13.3. The molecule has 4 rings (SSSR count). The third-order valence-electron chi connectivity index (χ3n) is 6.29.